The number of hydrogen-bond acceptors (Lipinski definition) is 3. The van der Waals surface area contributed by atoms with Gasteiger partial charge in [-0.3, -0.25) is 4.79 Å². The van der Waals surface area contributed by atoms with E-state index in [1.54, 1.807) is 0 Å². The number of rotatable bonds is 3. The second-order valence-electron chi connectivity index (χ2n) is 4.63. The Labute approximate surface area is 108 Å². The van der Waals surface area contributed by atoms with Crippen molar-refractivity contribution in [1.29, 1.82) is 0 Å². The number of amides is 1. The summed E-state index contributed by atoms with van der Waals surface area (Å²) in [4.78, 5) is 14.3. The van der Waals surface area contributed by atoms with Crippen LogP contribution in [0.25, 0.3) is 0 Å². The van der Waals surface area contributed by atoms with Crippen molar-refractivity contribution >= 4 is 5.91 Å². The fourth-order valence-electron chi connectivity index (χ4n) is 2.28. The third kappa shape index (κ3) is 2.89. The third-order valence-corrected chi connectivity index (χ3v) is 3.19. The minimum Gasteiger partial charge on any atom is -0.375 e. The van der Waals surface area contributed by atoms with Crippen LogP contribution < -0.4 is 5.73 Å². The largest absolute Gasteiger partial charge is 0.375 e. The van der Waals surface area contributed by atoms with Crippen LogP contribution in [0, 0.1) is 0 Å². The topological polar surface area (TPSA) is 55.6 Å². The fraction of sp³-hybridized carbons (Fsp3) is 0.500. The molecule has 4 heteroatoms. The number of morpholine rings is 1. The standard InChI is InChI=1S/C14H20N2O2/c1-11-10-16(8-9-18-11)14(17)13-5-3-2-4-12(13)6-7-15/h2-5,11H,6-10,15H2,1H3. The number of carbonyl (C=O) groups excluding carboxylic acids is 1. The molecule has 1 aromatic carbocycles. The summed E-state index contributed by atoms with van der Waals surface area (Å²) < 4.78 is 5.46. The Kier molecular flexibility index (Phi) is 4.33. The molecule has 0 aromatic heterocycles. The van der Waals surface area contributed by atoms with E-state index >= 15 is 0 Å². The lowest BCUT2D eigenvalue weighted by molar-refractivity contribution is -0.0124. The first-order chi connectivity index (χ1) is 8.72. The monoisotopic (exact) mass is 248 g/mol. The molecule has 2 N–H and O–H groups in total. The second-order valence-corrected chi connectivity index (χ2v) is 4.63. The maximum atomic E-state index is 12.5. The molecule has 0 radical (unpaired) electrons. The van der Waals surface area contributed by atoms with E-state index in [0.717, 1.165) is 17.5 Å². The van der Waals surface area contributed by atoms with Crippen LogP contribution in [0.3, 0.4) is 0 Å². The number of ether oxygens (including phenoxy) is 1. The van der Waals surface area contributed by atoms with Crippen LogP contribution in [-0.4, -0.2) is 43.2 Å². The van der Waals surface area contributed by atoms with Crippen molar-refractivity contribution in [2.24, 2.45) is 5.73 Å². The second kappa shape index (κ2) is 5.98. The van der Waals surface area contributed by atoms with Crippen LogP contribution in [0.15, 0.2) is 24.3 Å². The summed E-state index contributed by atoms with van der Waals surface area (Å²) in [7, 11) is 0. The minimum absolute atomic E-state index is 0.0919. The smallest absolute Gasteiger partial charge is 0.254 e. The van der Waals surface area contributed by atoms with Gasteiger partial charge in [-0.2, -0.15) is 0 Å². The highest BCUT2D eigenvalue weighted by Crippen LogP contribution is 2.15. The first kappa shape index (κ1) is 13.1. The molecule has 0 saturated carbocycles. The number of carbonyl (C=O) groups is 1. The average Bonchev–Trinajstić information content (AvgIpc) is 2.39. The van der Waals surface area contributed by atoms with Gasteiger partial charge in [-0.15, -0.1) is 0 Å². The molecule has 98 valence electrons. The van der Waals surface area contributed by atoms with Gasteiger partial charge in [-0.25, -0.2) is 0 Å². The molecule has 1 heterocycles. The van der Waals surface area contributed by atoms with Gasteiger partial charge in [0.25, 0.3) is 5.91 Å². The number of hydrogen-bond donors (Lipinski definition) is 1. The van der Waals surface area contributed by atoms with Crippen LogP contribution in [0.4, 0.5) is 0 Å². The van der Waals surface area contributed by atoms with Crippen LogP contribution in [0.2, 0.25) is 0 Å². The van der Waals surface area contributed by atoms with Gasteiger partial charge in [-0.1, -0.05) is 18.2 Å². The SMILES string of the molecule is CC1CN(C(=O)c2ccccc2CCN)CCO1. The summed E-state index contributed by atoms with van der Waals surface area (Å²) in [6, 6.07) is 7.71. The number of benzene rings is 1. The highest BCUT2D eigenvalue weighted by atomic mass is 16.5. The summed E-state index contributed by atoms with van der Waals surface area (Å²) in [5.74, 6) is 0.0919. The maximum Gasteiger partial charge on any atom is 0.254 e. The lowest BCUT2D eigenvalue weighted by atomic mass is 10.0. The summed E-state index contributed by atoms with van der Waals surface area (Å²) in [6.45, 7) is 4.50. The van der Waals surface area contributed by atoms with Crippen LogP contribution in [-0.2, 0) is 11.2 Å². The van der Waals surface area contributed by atoms with E-state index in [1.807, 2.05) is 36.1 Å². The van der Waals surface area contributed by atoms with Crippen molar-refractivity contribution in [3.05, 3.63) is 35.4 Å². The molecule has 1 aliphatic heterocycles. The molecule has 2 rings (SSSR count). The molecule has 1 saturated heterocycles. The van der Waals surface area contributed by atoms with Crippen LogP contribution in [0.1, 0.15) is 22.8 Å². The fourth-order valence-corrected chi connectivity index (χ4v) is 2.28. The van der Waals surface area contributed by atoms with Gasteiger partial charge in [0.15, 0.2) is 0 Å². The molecule has 1 atom stereocenters. The summed E-state index contributed by atoms with van der Waals surface area (Å²) in [6.07, 6.45) is 0.853. The number of nitrogens with two attached hydrogens (primary N) is 1. The molecule has 4 nitrogen and oxygen atoms in total. The lowest BCUT2D eigenvalue weighted by Gasteiger charge is -2.31. The van der Waals surface area contributed by atoms with Gasteiger partial charge < -0.3 is 15.4 Å². The Hall–Kier alpha value is -1.39. The van der Waals surface area contributed by atoms with Crippen molar-refractivity contribution in [2.45, 2.75) is 19.4 Å². The lowest BCUT2D eigenvalue weighted by Crippen LogP contribution is -2.44. The van der Waals surface area contributed by atoms with Crippen molar-refractivity contribution in [3.8, 4) is 0 Å². The molecule has 0 aliphatic carbocycles. The predicted octanol–water partition coefficient (Wildman–Crippen LogP) is 1.05. The zero-order chi connectivity index (χ0) is 13.0. The molecule has 1 amide bonds. The molecule has 1 unspecified atom stereocenters. The normalized spacial score (nSPS) is 19.9. The third-order valence-electron chi connectivity index (χ3n) is 3.19. The summed E-state index contributed by atoms with van der Waals surface area (Å²) in [5.41, 5.74) is 7.39. The van der Waals surface area contributed by atoms with Gasteiger partial charge in [0.05, 0.1) is 12.7 Å². The van der Waals surface area contributed by atoms with Crippen molar-refractivity contribution in [2.75, 3.05) is 26.2 Å². The zero-order valence-electron chi connectivity index (χ0n) is 10.8. The van der Waals surface area contributed by atoms with Gasteiger partial charge in [-0.05, 0) is 31.5 Å². The van der Waals surface area contributed by atoms with E-state index in [2.05, 4.69) is 0 Å². The Balaban J connectivity index is 2.17. The number of nitrogens with zero attached hydrogens (tertiary/aromatic N) is 1. The van der Waals surface area contributed by atoms with E-state index in [-0.39, 0.29) is 12.0 Å². The molecule has 1 aromatic rings. The zero-order valence-corrected chi connectivity index (χ0v) is 10.8. The maximum absolute atomic E-state index is 12.5. The van der Waals surface area contributed by atoms with E-state index in [1.165, 1.54) is 0 Å². The Bertz CT molecular complexity index is 420. The summed E-state index contributed by atoms with van der Waals surface area (Å²) >= 11 is 0. The predicted molar refractivity (Wildman–Crippen MR) is 70.5 cm³/mol. The minimum atomic E-state index is 0.0919. The average molecular weight is 248 g/mol. The first-order valence-corrected chi connectivity index (χ1v) is 6.41. The van der Waals surface area contributed by atoms with Gasteiger partial charge in [0.1, 0.15) is 0 Å². The first-order valence-electron chi connectivity index (χ1n) is 6.41. The molecule has 0 bridgehead atoms. The highest BCUT2D eigenvalue weighted by Gasteiger charge is 2.23. The van der Waals surface area contributed by atoms with Crippen molar-refractivity contribution < 1.29 is 9.53 Å². The molecule has 1 fully saturated rings. The molecule has 18 heavy (non-hydrogen) atoms. The molecular formula is C14H20N2O2. The molecule has 0 spiro atoms. The molecular weight excluding hydrogens is 228 g/mol. The van der Waals surface area contributed by atoms with E-state index in [9.17, 15) is 4.79 Å². The Morgan fingerprint density at radius 1 is 1.50 bits per heavy atom. The van der Waals surface area contributed by atoms with E-state index in [4.69, 9.17) is 10.5 Å². The van der Waals surface area contributed by atoms with E-state index in [0.29, 0.717) is 26.2 Å². The quantitative estimate of drug-likeness (QED) is 0.870. The highest BCUT2D eigenvalue weighted by molar-refractivity contribution is 5.95. The van der Waals surface area contributed by atoms with E-state index < -0.39 is 0 Å². The molecule has 1 aliphatic rings. The summed E-state index contributed by atoms with van der Waals surface area (Å²) in [5, 5.41) is 0. The van der Waals surface area contributed by atoms with Crippen molar-refractivity contribution in [1.82, 2.24) is 4.90 Å². The van der Waals surface area contributed by atoms with Gasteiger partial charge in [0, 0.05) is 18.7 Å². The Morgan fingerprint density at radius 2 is 2.28 bits per heavy atom. The van der Waals surface area contributed by atoms with Gasteiger partial charge in [0.2, 0.25) is 0 Å². The Morgan fingerprint density at radius 3 is 3.00 bits per heavy atom. The van der Waals surface area contributed by atoms with Crippen LogP contribution in [0.5, 0.6) is 0 Å². The van der Waals surface area contributed by atoms with Gasteiger partial charge >= 0.3 is 0 Å². The van der Waals surface area contributed by atoms with Crippen LogP contribution >= 0.6 is 0 Å². The van der Waals surface area contributed by atoms with Crippen molar-refractivity contribution in [3.63, 3.8) is 0 Å².